The minimum Gasteiger partial charge on any atom is -0.368 e. The molecule has 0 bridgehead atoms. The van der Waals surface area contributed by atoms with Crippen molar-refractivity contribution in [3.63, 3.8) is 0 Å². The van der Waals surface area contributed by atoms with Crippen LogP contribution in [0.15, 0.2) is 30.3 Å². The fourth-order valence-electron chi connectivity index (χ4n) is 2.10. The summed E-state index contributed by atoms with van der Waals surface area (Å²) < 4.78 is 0. The van der Waals surface area contributed by atoms with Gasteiger partial charge in [0.25, 0.3) is 5.91 Å². The molecule has 5 heteroatoms. The van der Waals surface area contributed by atoms with Crippen LogP contribution in [0.2, 0.25) is 0 Å². The summed E-state index contributed by atoms with van der Waals surface area (Å²) in [4.78, 5) is 12.2. The summed E-state index contributed by atoms with van der Waals surface area (Å²) in [6.07, 6.45) is 0. The lowest BCUT2D eigenvalue weighted by molar-refractivity contribution is 0.102. The van der Waals surface area contributed by atoms with Crippen molar-refractivity contribution in [3.05, 3.63) is 47.2 Å². The number of hydrogen-bond acceptors (Lipinski definition) is 4. The minimum atomic E-state index is -0.257. The Morgan fingerprint density at radius 1 is 1.09 bits per heavy atom. The van der Waals surface area contributed by atoms with E-state index in [2.05, 4.69) is 40.7 Å². The van der Waals surface area contributed by atoms with Crippen molar-refractivity contribution in [3.8, 4) is 0 Å². The number of benzene rings is 1. The van der Waals surface area contributed by atoms with Gasteiger partial charge >= 0.3 is 0 Å². The average Bonchev–Trinajstić information content (AvgIpc) is 2.44. The number of hydrogen-bond donors (Lipinski definition) is 2. The smallest absolute Gasteiger partial charge is 0.276 e. The molecule has 2 rings (SSSR count). The van der Waals surface area contributed by atoms with Crippen molar-refractivity contribution in [1.82, 2.24) is 10.2 Å². The first-order valence-electron chi connectivity index (χ1n) is 7.41. The predicted octanol–water partition coefficient (Wildman–Crippen LogP) is 3.41. The summed E-state index contributed by atoms with van der Waals surface area (Å²) in [5, 5.41) is 14.0. The first-order chi connectivity index (χ1) is 10.4. The van der Waals surface area contributed by atoms with E-state index in [0.29, 0.717) is 17.4 Å². The molecule has 0 spiro atoms. The number of nitrogens with one attached hydrogen (secondary N) is 2. The molecule has 116 valence electrons. The molecule has 0 aliphatic carbocycles. The van der Waals surface area contributed by atoms with Gasteiger partial charge in [-0.2, -0.15) is 0 Å². The SMILES string of the molecule is Cc1cc(C)cc(NC(=O)c2ccc(NCC(C)C)nn2)c1. The third-order valence-corrected chi connectivity index (χ3v) is 3.07. The molecule has 1 aromatic carbocycles. The molecule has 5 nitrogen and oxygen atoms in total. The molecule has 2 N–H and O–H groups in total. The topological polar surface area (TPSA) is 66.9 Å². The van der Waals surface area contributed by atoms with Crippen LogP contribution in [0.1, 0.15) is 35.5 Å². The van der Waals surface area contributed by atoms with Gasteiger partial charge in [-0.3, -0.25) is 4.79 Å². The van der Waals surface area contributed by atoms with E-state index in [-0.39, 0.29) is 5.91 Å². The Labute approximate surface area is 131 Å². The van der Waals surface area contributed by atoms with Crippen LogP contribution >= 0.6 is 0 Å². The molecule has 0 aliphatic heterocycles. The summed E-state index contributed by atoms with van der Waals surface area (Å²) in [7, 11) is 0. The van der Waals surface area contributed by atoms with Gasteiger partial charge in [0.15, 0.2) is 5.69 Å². The van der Waals surface area contributed by atoms with Crippen LogP contribution < -0.4 is 10.6 Å². The molecule has 0 saturated carbocycles. The molecule has 1 aromatic heterocycles. The van der Waals surface area contributed by atoms with Gasteiger partial charge in [0, 0.05) is 12.2 Å². The van der Waals surface area contributed by atoms with Gasteiger partial charge in [-0.25, -0.2) is 0 Å². The molecule has 22 heavy (non-hydrogen) atoms. The van der Waals surface area contributed by atoms with Crippen LogP contribution in [-0.4, -0.2) is 22.6 Å². The predicted molar refractivity (Wildman–Crippen MR) is 89.2 cm³/mol. The van der Waals surface area contributed by atoms with E-state index in [4.69, 9.17) is 0 Å². The summed E-state index contributed by atoms with van der Waals surface area (Å²) in [6, 6.07) is 9.36. The average molecular weight is 298 g/mol. The highest BCUT2D eigenvalue weighted by Gasteiger charge is 2.09. The summed E-state index contributed by atoms with van der Waals surface area (Å²) in [5.41, 5.74) is 3.28. The van der Waals surface area contributed by atoms with E-state index in [1.165, 1.54) is 0 Å². The van der Waals surface area contributed by atoms with Crippen LogP contribution in [0.4, 0.5) is 11.5 Å². The van der Waals surface area contributed by atoms with Gasteiger partial charge in [-0.05, 0) is 55.2 Å². The Morgan fingerprint density at radius 3 is 2.32 bits per heavy atom. The second kappa shape index (κ2) is 7.02. The van der Waals surface area contributed by atoms with E-state index in [1.807, 2.05) is 26.0 Å². The quantitative estimate of drug-likeness (QED) is 0.887. The fraction of sp³-hybridized carbons (Fsp3) is 0.353. The molecule has 0 radical (unpaired) electrons. The number of aryl methyl sites for hydroxylation is 2. The first-order valence-corrected chi connectivity index (χ1v) is 7.41. The third-order valence-electron chi connectivity index (χ3n) is 3.07. The number of amides is 1. The van der Waals surface area contributed by atoms with Crippen molar-refractivity contribution in [2.45, 2.75) is 27.7 Å². The molecule has 0 unspecified atom stereocenters. The zero-order chi connectivity index (χ0) is 16.1. The minimum absolute atomic E-state index is 0.257. The second-order valence-corrected chi connectivity index (χ2v) is 5.91. The number of anilines is 2. The van der Waals surface area contributed by atoms with Gasteiger partial charge < -0.3 is 10.6 Å². The second-order valence-electron chi connectivity index (χ2n) is 5.91. The van der Waals surface area contributed by atoms with Crippen LogP contribution in [0.5, 0.6) is 0 Å². The molecule has 2 aromatic rings. The number of nitrogens with zero attached hydrogens (tertiary/aromatic N) is 2. The maximum atomic E-state index is 12.2. The van der Waals surface area contributed by atoms with Gasteiger partial charge in [0.05, 0.1) is 0 Å². The Hall–Kier alpha value is -2.43. The van der Waals surface area contributed by atoms with Gasteiger partial charge in [0.2, 0.25) is 0 Å². The molecule has 1 amide bonds. The standard InChI is InChI=1S/C17H22N4O/c1-11(2)10-18-16-6-5-15(20-21-16)17(22)19-14-8-12(3)7-13(4)9-14/h5-9,11H,10H2,1-4H3,(H,18,21)(H,19,22). The van der Waals surface area contributed by atoms with Gasteiger partial charge in [0.1, 0.15) is 5.82 Å². The first kappa shape index (κ1) is 15.9. The molecule has 0 aliphatic rings. The number of rotatable bonds is 5. The van der Waals surface area contributed by atoms with E-state index in [1.54, 1.807) is 12.1 Å². The number of aromatic nitrogens is 2. The summed E-state index contributed by atoms with van der Waals surface area (Å²) in [6.45, 7) is 9.05. The van der Waals surface area contributed by atoms with Gasteiger partial charge in [-0.1, -0.05) is 19.9 Å². The van der Waals surface area contributed by atoms with Crippen molar-refractivity contribution in [2.75, 3.05) is 17.2 Å². The normalized spacial score (nSPS) is 10.6. The summed E-state index contributed by atoms with van der Waals surface area (Å²) in [5.74, 6) is 0.943. The maximum absolute atomic E-state index is 12.2. The lowest BCUT2D eigenvalue weighted by Gasteiger charge is -2.09. The lowest BCUT2D eigenvalue weighted by atomic mass is 10.1. The molecule has 0 saturated heterocycles. The van der Waals surface area contributed by atoms with Crippen LogP contribution in [0.25, 0.3) is 0 Å². The highest BCUT2D eigenvalue weighted by Crippen LogP contribution is 2.14. The zero-order valence-electron chi connectivity index (χ0n) is 13.5. The van der Waals surface area contributed by atoms with Crippen LogP contribution in [0, 0.1) is 19.8 Å². The highest BCUT2D eigenvalue weighted by molar-refractivity contribution is 6.02. The number of carbonyl (C=O) groups is 1. The number of carbonyl (C=O) groups excluding carboxylic acids is 1. The Kier molecular flexibility index (Phi) is 5.09. The van der Waals surface area contributed by atoms with Crippen molar-refractivity contribution < 1.29 is 4.79 Å². The largest absolute Gasteiger partial charge is 0.368 e. The monoisotopic (exact) mass is 298 g/mol. The van der Waals surface area contributed by atoms with Crippen LogP contribution in [-0.2, 0) is 0 Å². The van der Waals surface area contributed by atoms with Crippen molar-refractivity contribution >= 4 is 17.4 Å². The maximum Gasteiger partial charge on any atom is 0.276 e. The molecule has 1 heterocycles. The third kappa shape index (κ3) is 4.55. The zero-order valence-corrected chi connectivity index (χ0v) is 13.5. The Balaban J connectivity index is 2.03. The molecule has 0 fully saturated rings. The van der Waals surface area contributed by atoms with Crippen molar-refractivity contribution in [2.24, 2.45) is 5.92 Å². The Morgan fingerprint density at radius 2 is 1.77 bits per heavy atom. The van der Waals surface area contributed by atoms with Gasteiger partial charge in [-0.15, -0.1) is 10.2 Å². The van der Waals surface area contributed by atoms with E-state index in [0.717, 1.165) is 23.4 Å². The van der Waals surface area contributed by atoms with Crippen molar-refractivity contribution in [1.29, 1.82) is 0 Å². The lowest BCUT2D eigenvalue weighted by Crippen LogP contribution is -2.16. The Bertz CT molecular complexity index is 630. The molecular weight excluding hydrogens is 276 g/mol. The molecule has 0 atom stereocenters. The fourth-order valence-corrected chi connectivity index (χ4v) is 2.10. The highest BCUT2D eigenvalue weighted by atomic mass is 16.1. The van der Waals surface area contributed by atoms with Crippen LogP contribution in [0.3, 0.4) is 0 Å². The van der Waals surface area contributed by atoms with E-state index < -0.39 is 0 Å². The van der Waals surface area contributed by atoms with E-state index >= 15 is 0 Å². The molecular formula is C17H22N4O. The van der Waals surface area contributed by atoms with E-state index in [9.17, 15) is 4.79 Å². The summed E-state index contributed by atoms with van der Waals surface area (Å²) >= 11 is 0.